The van der Waals surface area contributed by atoms with Gasteiger partial charge in [-0.1, -0.05) is 41.1 Å². The molecular formula is C25H24ClN3O4S2. The van der Waals surface area contributed by atoms with E-state index in [1.807, 2.05) is 13.8 Å². The largest absolute Gasteiger partial charge is 0.324 e. The molecule has 0 fully saturated rings. The Labute approximate surface area is 212 Å². The van der Waals surface area contributed by atoms with E-state index in [0.717, 1.165) is 25.9 Å². The summed E-state index contributed by atoms with van der Waals surface area (Å²) >= 11 is 7.18. The van der Waals surface area contributed by atoms with E-state index in [2.05, 4.69) is 5.32 Å². The maximum absolute atomic E-state index is 13.5. The molecule has 3 aromatic carbocycles. The fourth-order valence-corrected chi connectivity index (χ4v) is 6.64. The van der Waals surface area contributed by atoms with Gasteiger partial charge in [-0.15, -0.1) is 0 Å². The van der Waals surface area contributed by atoms with Crippen molar-refractivity contribution in [2.24, 2.45) is 0 Å². The second-order valence-electron chi connectivity index (χ2n) is 8.32. The predicted molar refractivity (Wildman–Crippen MR) is 142 cm³/mol. The van der Waals surface area contributed by atoms with Crippen molar-refractivity contribution in [2.75, 3.05) is 16.2 Å². The molecule has 0 bridgehead atoms. The molecule has 10 heteroatoms. The number of sulfonamides is 1. The van der Waals surface area contributed by atoms with Crippen molar-refractivity contribution in [3.8, 4) is 0 Å². The number of aryl methyl sites for hydroxylation is 1. The summed E-state index contributed by atoms with van der Waals surface area (Å²) in [5.74, 6) is -0.520. The summed E-state index contributed by atoms with van der Waals surface area (Å²) in [6.07, 6.45) is 0. The Morgan fingerprint density at radius 3 is 2.46 bits per heavy atom. The molecule has 0 saturated carbocycles. The van der Waals surface area contributed by atoms with Crippen LogP contribution in [0, 0.1) is 6.92 Å². The molecule has 0 aliphatic heterocycles. The Balaban J connectivity index is 1.67. The zero-order valence-corrected chi connectivity index (χ0v) is 21.7. The first-order chi connectivity index (χ1) is 16.6. The van der Waals surface area contributed by atoms with Gasteiger partial charge in [-0.2, -0.15) is 0 Å². The second-order valence-corrected chi connectivity index (χ2v) is 11.6. The van der Waals surface area contributed by atoms with Crippen LogP contribution in [-0.2, 0) is 14.8 Å². The smallest absolute Gasteiger partial charge is 0.308 e. The zero-order valence-electron chi connectivity index (χ0n) is 19.4. The lowest BCUT2D eigenvalue weighted by molar-refractivity contribution is -0.114. The SMILES string of the molecule is Cc1cc(Cl)ccc1N(CC(=O)Nc1ccc2c(c1)sc(=O)n2C(C)C)S(=O)(=O)c1ccccc1. The molecule has 7 nitrogen and oxygen atoms in total. The molecule has 1 N–H and O–H groups in total. The average Bonchev–Trinajstić information content (AvgIpc) is 3.13. The Kier molecular flexibility index (Phi) is 7.02. The minimum atomic E-state index is -4.04. The summed E-state index contributed by atoms with van der Waals surface area (Å²) in [6.45, 7) is 5.16. The van der Waals surface area contributed by atoms with E-state index in [-0.39, 0.29) is 15.8 Å². The van der Waals surface area contributed by atoms with Gasteiger partial charge in [-0.25, -0.2) is 8.42 Å². The van der Waals surface area contributed by atoms with Gasteiger partial charge in [0, 0.05) is 16.8 Å². The molecule has 4 aromatic rings. The third-order valence-electron chi connectivity index (χ3n) is 5.46. The lowest BCUT2D eigenvalue weighted by atomic mass is 10.2. The summed E-state index contributed by atoms with van der Waals surface area (Å²) in [6, 6.07) is 18.0. The van der Waals surface area contributed by atoms with Crippen LogP contribution in [0.3, 0.4) is 0 Å². The molecule has 182 valence electrons. The molecule has 0 spiro atoms. The lowest BCUT2D eigenvalue weighted by Gasteiger charge is -2.25. The minimum Gasteiger partial charge on any atom is -0.324 e. The number of carbonyl (C=O) groups is 1. The molecule has 0 unspecified atom stereocenters. The van der Waals surface area contributed by atoms with Crippen LogP contribution in [0.4, 0.5) is 11.4 Å². The number of aromatic nitrogens is 1. The monoisotopic (exact) mass is 529 g/mol. The van der Waals surface area contributed by atoms with Gasteiger partial charge in [0.15, 0.2) is 0 Å². The highest BCUT2D eigenvalue weighted by atomic mass is 35.5. The molecule has 0 atom stereocenters. The van der Waals surface area contributed by atoms with Crippen LogP contribution in [-0.4, -0.2) is 25.4 Å². The number of fused-ring (bicyclic) bond motifs is 1. The Morgan fingerprint density at radius 1 is 1.09 bits per heavy atom. The molecule has 0 aliphatic rings. The first-order valence-electron chi connectivity index (χ1n) is 10.9. The number of carbonyl (C=O) groups excluding carboxylic acids is 1. The van der Waals surface area contributed by atoms with Crippen molar-refractivity contribution < 1.29 is 13.2 Å². The van der Waals surface area contributed by atoms with Gasteiger partial charge < -0.3 is 5.32 Å². The zero-order chi connectivity index (χ0) is 25.3. The standard InChI is InChI=1S/C25H24ClN3O4S2/c1-16(2)29-22-12-10-19(14-23(22)34-25(29)31)27-24(30)15-28(21-11-9-18(26)13-17(21)3)35(32,33)20-7-5-4-6-8-20/h4-14,16H,15H2,1-3H3,(H,27,30). The molecule has 1 heterocycles. The van der Waals surface area contributed by atoms with Gasteiger partial charge in [-0.05, 0) is 74.9 Å². The fourth-order valence-electron chi connectivity index (χ4n) is 3.85. The summed E-state index contributed by atoms with van der Waals surface area (Å²) in [7, 11) is -4.04. The van der Waals surface area contributed by atoms with Gasteiger partial charge in [0.1, 0.15) is 6.54 Å². The van der Waals surface area contributed by atoms with Crippen LogP contribution < -0.4 is 14.5 Å². The summed E-state index contributed by atoms with van der Waals surface area (Å²) < 4.78 is 30.5. The lowest BCUT2D eigenvalue weighted by Crippen LogP contribution is -2.38. The second kappa shape index (κ2) is 9.85. The van der Waals surface area contributed by atoms with Crippen LogP contribution >= 0.6 is 22.9 Å². The van der Waals surface area contributed by atoms with E-state index in [1.54, 1.807) is 66.1 Å². The summed E-state index contributed by atoms with van der Waals surface area (Å²) in [4.78, 5) is 25.4. The molecular weight excluding hydrogens is 506 g/mol. The maximum Gasteiger partial charge on any atom is 0.308 e. The summed E-state index contributed by atoms with van der Waals surface area (Å²) in [5, 5.41) is 3.24. The number of hydrogen-bond donors (Lipinski definition) is 1. The van der Waals surface area contributed by atoms with Crippen molar-refractivity contribution >= 4 is 60.5 Å². The van der Waals surface area contributed by atoms with Gasteiger partial charge in [0.05, 0.1) is 20.8 Å². The number of rotatable bonds is 7. The summed E-state index contributed by atoms with van der Waals surface area (Å²) in [5.41, 5.74) is 2.24. The third-order valence-corrected chi connectivity index (χ3v) is 8.39. The first-order valence-corrected chi connectivity index (χ1v) is 13.5. The predicted octanol–water partition coefficient (Wildman–Crippen LogP) is 5.44. The number of hydrogen-bond acceptors (Lipinski definition) is 5. The van der Waals surface area contributed by atoms with E-state index < -0.39 is 22.5 Å². The van der Waals surface area contributed by atoms with E-state index in [0.29, 0.717) is 22.0 Å². The van der Waals surface area contributed by atoms with Crippen LogP contribution in [0.1, 0.15) is 25.5 Å². The number of benzene rings is 3. The number of anilines is 2. The van der Waals surface area contributed by atoms with Gasteiger partial charge >= 0.3 is 4.87 Å². The highest BCUT2D eigenvalue weighted by Crippen LogP contribution is 2.29. The van der Waals surface area contributed by atoms with Crippen molar-refractivity contribution in [1.82, 2.24) is 4.57 Å². The van der Waals surface area contributed by atoms with E-state index in [1.165, 1.54) is 12.1 Å². The van der Waals surface area contributed by atoms with Crippen LogP contribution in [0.2, 0.25) is 5.02 Å². The van der Waals surface area contributed by atoms with Crippen LogP contribution in [0.5, 0.6) is 0 Å². The number of nitrogens with zero attached hydrogens (tertiary/aromatic N) is 2. The van der Waals surface area contributed by atoms with Crippen molar-refractivity contribution in [1.29, 1.82) is 0 Å². The third kappa shape index (κ3) is 5.12. The molecule has 1 amide bonds. The molecule has 1 aromatic heterocycles. The van der Waals surface area contributed by atoms with Crippen molar-refractivity contribution in [3.63, 3.8) is 0 Å². The fraction of sp³-hybridized carbons (Fsp3) is 0.200. The number of amides is 1. The van der Waals surface area contributed by atoms with Crippen LogP contribution in [0.15, 0.2) is 76.4 Å². The van der Waals surface area contributed by atoms with Gasteiger partial charge in [0.2, 0.25) is 5.91 Å². The molecule has 0 radical (unpaired) electrons. The number of thiazole rings is 1. The Morgan fingerprint density at radius 2 is 1.80 bits per heavy atom. The molecule has 0 aliphatic carbocycles. The minimum absolute atomic E-state index is 0.0102. The van der Waals surface area contributed by atoms with Gasteiger partial charge in [0.25, 0.3) is 10.0 Å². The highest BCUT2D eigenvalue weighted by Gasteiger charge is 2.28. The first kappa shape index (κ1) is 25.0. The van der Waals surface area contributed by atoms with Crippen LogP contribution in [0.25, 0.3) is 10.2 Å². The average molecular weight is 530 g/mol. The Bertz CT molecular complexity index is 1560. The van der Waals surface area contributed by atoms with E-state index in [4.69, 9.17) is 11.6 Å². The van der Waals surface area contributed by atoms with Crippen molar-refractivity contribution in [2.45, 2.75) is 31.7 Å². The Hall–Kier alpha value is -3.14. The molecule has 4 rings (SSSR count). The topological polar surface area (TPSA) is 88.5 Å². The maximum atomic E-state index is 13.5. The molecule has 35 heavy (non-hydrogen) atoms. The van der Waals surface area contributed by atoms with Gasteiger partial charge in [-0.3, -0.25) is 18.5 Å². The van der Waals surface area contributed by atoms with E-state index in [9.17, 15) is 18.0 Å². The quantitative estimate of drug-likeness (QED) is 0.345. The number of halogens is 1. The number of nitrogens with one attached hydrogen (secondary N) is 1. The van der Waals surface area contributed by atoms with E-state index >= 15 is 0 Å². The molecule has 0 saturated heterocycles. The highest BCUT2D eigenvalue weighted by molar-refractivity contribution is 7.92. The normalized spacial score (nSPS) is 11.7. The van der Waals surface area contributed by atoms with Crippen molar-refractivity contribution in [3.05, 3.63) is 87.0 Å².